The first-order chi connectivity index (χ1) is 8.70. The highest BCUT2D eigenvalue weighted by Crippen LogP contribution is 2.33. The van der Waals surface area contributed by atoms with Crippen LogP contribution in [0, 0.1) is 5.41 Å². The SMILES string of the molecule is CCC(C)(C)N(C)CC(C)(C)C(N)c1ccccc1. The summed E-state index contributed by atoms with van der Waals surface area (Å²) in [4.78, 5) is 2.43. The third kappa shape index (κ3) is 4.05. The van der Waals surface area contributed by atoms with Crippen molar-refractivity contribution in [2.75, 3.05) is 13.6 Å². The van der Waals surface area contributed by atoms with Crippen molar-refractivity contribution >= 4 is 0 Å². The molecule has 0 aliphatic carbocycles. The molecule has 2 N–H and O–H groups in total. The van der Waals surface area contributed by atoms with Crippen LogP contribution in [0.3, 0.4) is 0 Å². The molecule has 0 radical (unpaired) electrons. The second kappa shape index (κ2) is 6.06. The quantitative estimate of drug-likeness (QED) is 0.844. The molecule has 1 aromatic rings. The first-order valence-electron chi connectivity index (χ1n) is 7.22. The van der Waals surface area contributed by atoms with Gasteiger partial charge in [-0.05, 0) is 38.3 Å². The molecule has 1 unspecified atom stereocenters. The predicted octanol–water partition coefficient (Wildman–Crippen LogP) is 3.83. The van der Waals surface area contributed by atoms with Crippen LogP contribution in [0.15, 0.2) is 30.3 Å². The number of hydrogen-bond donors (Lipinski definition) is 1. The number of hydrogen-bond acceptors (Lipinski definition) is 2. The minimum atomic E-state index is 0.0442. The lowest BCUT2D eigenvalue weighted by molar-refractivity contribution is 0.0849. The van der Waals surface area contributed by atoms with E-state index in [2.05, 4.69) is 70.8 Å². The van der Waals surface area contributed by atoms with Gasteiger partial charge in [-0.25, -0.2) is 0 Å². The lowest BCUT2D eigenvalue weighted by atomic mass is 9.79. The molecule has 0 aliphatic heterocycles. The lowest BCUT2D eigenvalue weighted by Gasteiger charge is -2.42. The van der Waals surface area contributed by atoms with Crippen LogP contribution in [0.5, 0.6) is 0 Å². The maximum absolute atomic E-state index is 6.48. The van der Waals surface area contributed by atoms with Gasteiger partial charge < -0.3 is 10.6 Å². The van der Waals surface area contributed by atoms with E-state index in [0.29, 0.717) is 0 Å². The summed E-state index contributed by atoms with van der Waals surface area (Å²) in [7, 11) is 2.20. The van der Waals surface area contributed by atoms with Gasteiger partial charge in [0.15, 0.2) is 0 Å². The van der Waals surface area contributed by atoms with Gasteiger partial charge >= 0.3 is 0 Å². The summed E-state index contributed by atoms with van der Waals surface area (Å²) in [6, 6.07) is 10.5. The molecule has 1 rings (SSSR count). The summed E-state index contributed by atoms with van der Waals surface area (Å²) in [5.74, 6) is 0. The average Bonchev–Trinajstić information content (AvgIpc) is 2.38. The molecule has 1 aromatic carbocycles. The molecule has 0 saturated carbocycles. The van der Waals surface area contributed by atoms with Crippen LogP contribution in [0.25, 0.3) is 0 Å². The van der Waals surface area contributed by atoms with Crippen LogP contribution in [0.2, 0.25) is 0 Å². The first kappa shape index (κ1) is 16.2. The van der Waals surface area contributed by atoms with Gasteiger partial charge in [-0.15, -0.1) is 0 Å². The van der Waals surface area contributed by atoms with Crippen molar-refractivity contribution in [2.24, 2.45) is 11.1 Å². The van der Waals surface area contributed by atoms with Crippen LogP contribution in [0.1, 0.15) is 52.6 Å². The van der Waals surface area contributed by atoms with Crippen molar-refractivity contribution in [1.82, 2.24) is 4.90 Å². The zero-order valence-electron chi connectivity index (χ0n) is 13.4. The Kier molecular flexibility index (Phi) is 5.17. The van der Waals surface area contributed by atoms with E-state index in [1.807, 2.05) is 6.07 Å². The van der Waals surface area contributed by atoms with E-state index in [0.717, 1.165) is 13.0 Å². The van der Waals surface area contributed by atoms with E-state index in [1.54, 1.807) is 0 Å². The number of nitrogens with zero attached hydrogens (tertiary/aromatic N) is 1. The summed E-state index contributed by atoms with van der Waals surface area (Å²) in [5.41, 5.74) is 7.96. The second-order valence-electron chi connectivity index (χ2n) is 6.90. The number of benzene rings is 1. The number of rotatable bonds is 6. The lowest BCUT2D eigenvalue weighted by Crippen LogP contribution is -2.48. The summed E-state index contributed by atoms with van der Waals surface area (Å²) in [6.07, 6.45) is 1.14. The average molecular weight is 262 g/mol. The van der Waals surface area contributed by atoms with Gasteiger partial charge in [-0.3, -0.25) is 0 Å². The molecule has 0 amide bonds. The molecule has 0 heterocycles. The van der Waals surface area contributed by atoms with Crippen LogP contribution < -0.4 is 5.73 Å². The van der Waals surface area contributed by atoms with Crippen LogP contribution in [-0.2, 0) is 0 Å². The largest absolute Gasteiger partial charge is 0.323 e. The highest BCUT2D eigenvalue weighted by Gasteiger charge is 2.32. The first-order valence-corrected chi connectivity index (χ1v) is 7.22. The molecule has 2 nitrogen and oxygen atoms in total. The van der Waals surface area contributed by atoms with Crippen molar-refractivity contribution in [1.29, 1.82) is 0 Å². The Labute approximate surface area is 119 Å². The van der Waals surface area contributed by atoms with Gasteiger partial charge in [0.2, 0.25) is 0 Å². The standard InChI is InChI=1S/C17H30N2/c1-7-17(4,5)19(6)13-16(2,3)15(18)14-11-9-8-10-12-14/h8-12,15H,7,13,18H2,1-6H3. The van der Waals surface area contributed by atoms with E-state index in [9.17, 15) is 0 Å². The zero-order valence-corrected chi connectivity index (χ0v) is 13.4. The van der Waals surface area contributed by atoms with Gasteiger partial charge in [0.25, 0.3) is 0 Å². The Balaban J connectivity index is 2.81. The Morgan fingerprint density at radius 1 is 1.11 bits per heavy atom. The summed E-state index contributed by atoms with van der Waals surface area (Å²) < 4.78 is 0. The van der Waals surface area contributed by atoms with Gasteiger partial charge in [0, 0.05) is 18.1 Å². The third-order valence-electron chi connectivity index (χ3n) is 4.54. The molecular formula is C17H30N2. The molecule has 108 valence electrons. The van der Waals surface area contributed by atoms with E-state index in [4.69, 9.17) is 5.73 Å². The number of nitrogens with two attached hydrogens (primary N) is 1. The van der Waals surface area contributed by atoms with Crippen molar-refractivity contribution in [3.05, 3.63) is 35.9 Å². The Morgan fingerprint density at radius 2 is 1.63 bits per heavy atom. The topological polar surface area (TPSA) is 29.3 Å². The molecular weight excluding hydrogens is 232 g/mol. The van der Waals surface area contributed by atoms with Crippen molar-refractivity contribution in [3.63, 3.8) is 0 Å². The third-order valence-corrected chi connectivity index (χ3v) is 4.54. The fourth-order valence-corrected chi connectivity index (χ4v) is 2.31. The van der Waals surface area contributed by atoms with Gasteiger partial charge in [0.1, 0.15) is 0 Å². The van der Waals surface area contributed by atoms with E-state index >= 15 is 0 Å². The second-order valence-corrected chi connectivity index (χ2v) is 6.90. The fraction of sp³-hybridized carbons (Fsp3) is 0.647. The normalized spacial score (nSPS) is 14.7. The molecule has 0 aliphatic rings. The summed E-state index contributed by atoms with van der Waals surface area (Å²) in [6.45, 7) is 12.3. The zero-order chi connectivity index (χ0) is 14.7. The molecule has 2 heteroatoms. The molecule has 0 saturated heterocycles. The fourth-order valence-electron chi connectivity index (χ4n) is 2.31. The Morgan fingerprint density at radius 3 is 2.11 bits per heavy atom. The van der Waals surface area contributed by atoms with Gasteiger partial charge in [0.05, 0.1) is 0 Å². The molecule has 0 aromatic heterocycles. The van der Waals surface area contributed by atoms with Crippen molar-refractivity contribution in [2.45, 2.75) is 52.6 Å². The van der Waals surface area contributed by atoms with Crippen molar-refractivity contribution in [3.8, 4) is 0 Å². The molecule has 0 bridgehead atoms. The minimum Gasteiger partial charge on any atom is -0.323 e. The summed E-state index contributed by atoms with van der Waals surface area (Å²) in [5, 5.41) is 0. The van der Waals surface area contributed by atoms with E-state index in [-0.39, 0.29) is 17.0 Å². The maximum atomic E-state index is 6.48. The van der Waals surface area contributed by atoms with Crippen LogP contribution in [0.4, 0.5) is 0 Å². The maximum Gasteiger partial charge on any atom is 0.0359 e. The van der Waals surface area contributed by atoms with Crippen LogP contribution >= 0.6 is 0 Å². The minimum absolute atomic E-state index is 0.0442. The molecule has 0 spiro atoms. The predicted molar refractivity (Wildman–Crippen MR) is 84.2 cm³/mol. The summed E-state index contributed by atoms with van der Waals surface area (Å²) >= 11 is 0. The smallest absolute Gasteiger partial charge is 0.0359 e. The highest BCUT2D eigenvalue weighted by atomic mass is 15.2. The Hall–Kier alpha value is -0.860. The van der Waals surface area contributed by atoms with Crippen LogP contribution in [-0.4, -0.2) is 24.0 Å². The molecule has 19 heavy (non-hydrogen) atoms. The monoisotopic (exact) mass is 262 g/mol. The molecule has 0 fully saturated rings. The van der Waals surface area contributed by atoms with E-state index < -0.39 is 0 Å². The Bertz CT molecular complexity index is 382. The van der Waals surface area contributed by atoms with E-state index in [1.165, 1.54) is 5.56 Å². The highest BCUT2D eigenvalue weighted by molar-refractivity contribution is 5.20. The van der Waals surface area contributed by atoms with Gasteiger partial charge in [-0.1, -0.05) is 51.1 Å². The van der Waals surface area contributed by atoms with Gasteiger partial charge in [-0.2, -0.15) is 0 Å². The van der Waals surface area contributed by atoms with Crippen molar-refractivity contribution < 1.29 is 0 Å². The molecule has 1 atom stereocenters.